The standard InChI is InChI=1S/C10H16N.C6H7N/c1-3-4-7-11-8-5-10(2)6-9-11;1-6-2-4-7-5-3-6/h5-6,8-9H,3-4,7H2,1-2H3;2-5H,1H3/q+1;. The molecule has 0 atom stereocenters. The molecular weight excluding hydrogens is 220 g/mol. The largest absolute Gasteiger partial charge is 0.265 e. The van der Waals surface area contributed by atoms with Crippen molar-refractivity contribution in [2.24, 2.45) is 0 Å². The molecule has 96 valence electrons. The van der Waals surface area contributed by atoms with Crippen LogP contribution in [0, 0.1) is 13.8 Å². The second-order valence-electron chi connectivity index (χ2n) is 4.49. The van der Waals surface area contributed by atoms with E-state index in [4.69, 9.17) is 0 Å². The van der Waals surface area contributed by atoms with Gasteiger partial charge in [-0.3, -0.25) is 4.98 Å². The maximum Gasteiger partial charge on any atom is 0.169 e. The third kappa shape index (κ3) is 6.14. The Hall–Kier alpha value is -1.70. The van der Waals surface area contributed by atoms with Gasteiger partial charge in [0.2, 0.25) is 0 Å². The van der Waals surface area contributed by atoms with Gasteiger partial charge in [-0.25, -0.2) is 4.57 Å². The predicted octanol–water partition coefficient (Wildman–Crippen LogP) is 3.47. The van der Waals surface area contributed by atoms with Crippen LogP contribution in [0.3, 0.4) is 0 Å². The van der Waals surface area contributed by atoms with Crippen LogP contribution in [0.2, 0.25) is 0 Å². The number of unbranched alkanes of at least 4 members (excludes halogenated alkanes) is 1. The van der Waals surface area contributed by atoms with Gasteiger partial charge in [0.25, 0.3) is 0 Å². The van der Waals surface area contributed by atoms with Crippen LogP contribution in [0.1, 0.15) is 30.9 Å². The molecule has 0 saturated carbocycles. The van der Waals surface area contributed by atoms with Crippen LogP contribution in [0.25, 0.3) is 0 Å². The molecule has 0 aromatic carbocycles. The minimum Gasteiger partial charge on any atom is -0.265 e. The summed E-state index contributed by atoms with van der Waals surface area (Å²) in [6, 6.07) is 8.24. The van der Waals surface area contributed by atoms with Crippen LogP contribution in [0.4, 0.5) is 0 Å². The number of hydrogen-bond donors (Lipinski definition) is 0. The lowest BCUT2D eigenvalue weighted by Crippen LogP contribution is -2.32. The maximum atomic E-state index is 3.85. The van der Waals surface area contributed by atoms with Crippen molar-refractivity contribution in [1.82, 2.24) is 4.98 Å². The zero-order valence-corrected chi connectivity index (χ0v) is 11.6. The van der Waals surface area contributed by atoms with E-state index in [0.29, 0.717) is 0 Å². The summed E-state index contributed by atoms with van der Waals surface area (Å²) in [7, 11) is 0. The van der Waals surface area contributed by atoms with Gasteiger partial charge in [0.1, 0.15) is 6.54 Å². The molecule has 0 saturated heterocycles. The third-order valence-corrected chi connectivity index (χ3v) is 2.67. The Morgan fingerprint density at radius 1 is 0.944 bits per heavy atom. The lowest BCUT2D eigenvalue weighted by atomic mass is 10.3. The van der Waals surface area contributed by atoms with Gasteiger partial charge in [-0.2, -0.15) is 0 Å². The van der Waals surface area contributed by atoms with E-state index in [1.54, 1.807) is 12.4 Å². The highest BCUT2D eigenvalue weighted by Gasteiger charge is 1.95. The molecule has 0 aliphatic heterocycles. The van der Waals surface area contributed by atoms with Crippen molar-refractivity contribution in [3.63, 3.8) is 0 Å². The van der Waals surface area contributed by atoms with E-state index in [9.17, 15) is 0 Å². The first-order valence-corrected chi connectivity index (χ1v) is 6.54. The first kappa shape index (κ1) is 14.4. The molecule has 0 aliphatic carbocycles. The molecule has 2 aromatic rings. The molecule has 2 nitrogen and oxygen atoms in total. The third-order valence-electron chi connectivity index (χ3n) is 2.67. The van der Waals surface area contributed by atoms with Crippen LogP contribution in [-0.2, 0) is 6.54 Å². The summed E-state index contributed by atoms with van der Waals surface area (Å²) in [6.07, 6.45) is 10.4. The molecule has 0 N–H and O–H groups in total. The average molecular weight is 243 g/mol. The summed E-state index contributed by atoms with van der Waals surface area (Å²) in [5, 5.41) is 0. The Labute approximate surface area is 110 Å². The molecule has 2 aromatic heterocycles. The lowest BCUT2D eigenvalue weighted by molar-refractivity contribution is -0.697. The van der Waals surface area contributed by atoms with E-state index < -0.39 is 0 Å². The lowest BCUT2D eigenvalue weighted by Gasteiger charge is -1.94. The van der Waals surface area contributed by atoms with Gasteiger partial charge in [-0.05, 0) is 37.1 Å². The van der Waals surface area contributed by atoms with Crippen molar-refractivity contribution in [2.45, 2.75) is 40.2 Å². The summed E-state index contributed by atoms with van der Waals surface area (Å²) in [5.74, 6) is 0. The van der Waals surface area contributed by atoms with Crippen LogP contribution in [0.15, 0.2) is 49.1 Å². The van der Waals surface area contributed by atoms with E-state index >= 15 is 0 Å². The summed E-state index contributed by atoms with van der Waals surface area (Å²) >= 11 is 0. The molecule has 0 radical (unpaired) electrons. The van der Waals surface area contributed by atoms with Crippen molar-refractivity contribution in [1.29, 1.82) is 0 Å². The molecule has 0 amide bonds. The number of pyridine rings is 2. The Bertz CT molecular complexity index is 421. The zero-order chi connectivity index (χ0) is 13.2. The van der Waals surface area contributed by atoms with Gasteiger partial charge in [0.15, 0.2) is 12.4 Å². The van der Waals surface area contributed by atoms with Crippen molar-refractivity contribution in [2.75, 3.05) is 0 Å². The average Bonchev–Trinajstić information content (AvgIpc) is 2.40. The molecule has 2 rings (SSSR count). The normalized spacial score (nSPS) is 9.50. The summed E-state index contributed by atoms with van der Waals surface area (Å²) < 4.78 is 2.23. The fraction of sp³-hybridized carbons (Fsp3) is 0.375. The van der Waals surface area contributed by atoms with Crippen LogP contribution < -0.4 is 4.57 Å². The van der Waals surface area contributed by atoms with Crippen LogP contribution in [-0.4, -0.2) is 4.98 Å². The van der Waals surface area contributed by atoms with Crippen LogP contribution >= 0.6 is 0 Å². The van der Waals surface area contributed by atoms with E-state index in [-0.39, 0.29) is 0 Å². The van der Waals surface area contributed by atoms with E-state index in [2.05, 4.69) is 47.9 Å². The van der Waals surface area contributed by atoms with Crippen molar-refractivity contribution >= 4 is 0 Å². The predicted molar refractivity (Wildman–Crippen MR) is 75.3 cm³/mol. The number of nitrogens with zero attached hydrogens (tertiary/aromatic N) is 2. The SMILES string of the molecule is CCCC[n+]1ccc(C)cc1.Cc1ccncc1. The van der Waals surface area contributed by atoms with E-state index in [0.717, 1.165) is 6.54 Å². The van der Waals surface area contributed by atoms with Gasteiger partial charge >= 0.3 is 0 Å². The smallest absolute Gasteiger partial charge is 0.169 e. The van der Waals surface area contributed by atoms with Crippen molar-refractivity contribution in [3.05, 3.63) is 60.2 Å². The van der Waals surface area contributed by atoms with Gasteiger partial charge < -0.3 is 0 Å². The number of hydrogen-bond acceptors (Lipinski definition) is 1. The second kappa shape index (κ2) is 8.40. The zero-order valence-electron chi connectivity index (χ0n) is 11.6. The Morgan fingerprint density at radius 3 is 1.94 bits per heavy atom. The van der Waals surface area contributed by atoms with Gasteiger partial charge in [-0.1, -0.05) is 13.3 Å². The van der Waals surface area contributed by atoms with Crippen LogP contribution in [0.5, 0.6) is 0 Å². The molecule has 2 heteroatoms. The topological polar surface area (TPSA) is 16.8 Å². The summed E-state index contributed by atoms with van der Waals surface area (Å²) in [5.41, 5.74) is 2.59. The molecule has 2 heterocycles. The monoisotopic (exact) mass is 243 g/mol. The molecule has 0 bridgehead atoms. The summed E-state index contributed by atoms with van der Waals surface area (Å²) in [4.78, 5) is 3.85. The highest BCUT2D eigenvalue weighted by atomic mass is 14.9. The molecule has 0 fully saturated rings. The Kier molecular flexibility index (Phi) is 6.70. The highest BCUT2D eigenvalue weighted by molar-refractivity contribution is 5.05. The van der Waals surface area contributed by atoms with Gasteiger partial charge in [0, 0.05) is 30.9 Å². The Morgan fingerprint density at radius 2 is 1.50 bits per heavy atom. The molecular formula is C16H23N2+. The molecule has 18 heavy (non-hydrogen) atoms. The minimum absolute atomic E-state index is 1.15. The van der Waals surface area contributed by atoms with Gasteiger partial charge in [0.05, 0.1) is 0 Å². The molecule has 0 aliphatic rings. The molecule has 0 spiro atoms. The fourth-order valence-corrected chi connectivity index (χ4v) is 1.45. The minimum atomic E-state index is 1.15. The summed E-state index contributed by atoms with van der Waals surface area (Å²) in [6.45, 7) is 7.53. The van der Waals surface area contributed by atoms with E-state index in [1.807, 2.05) is 19.1 Å². The number of rotatable bonds is 3. The van der Waals surface area contributed by atoms with Crippen molar-refractivity contribution in [3.8, 4) is 0 Å². The second-order valence-corrected chi connectivity index (χ2v) is 4.49. The van der Waals surface area contributed by atoms with Crippen molar-refractivity contribution < 1.29 is 4.57 Å². The maximum absolute atomic E-state index is 3.85. The number of aryl methyl sites for hydroxylation is 3. The first-order valence-electron chi connectivity index (χ1n) is 6.54. The fourth-order valence-electron chi connectivity index (χ4n) is 1.45. The first-order chi connectivity index (χ1) is 8.72. The van der Waals surface area contributed by atoms with Gasteiger partial charge in [-0.15, -0.1) is 0 Å². The Balaban J connectivity index is 0.000000199. The van der Waals surface area contributed by atoms with E-state index in [1.165, 1.54) is 24.0 Å². The highest BCUT2D eigenvalue weighted by Crippen LogP contribution is 1.91. The molecule has 0 unspecified atom stereocenters. The quantitative estimate of drug-likeness (QED) is 0.754. The number of aromatic nitrogens is 2.